The fourth-order valence-corrected chi connectivity index (χ4v) is 2.87. The Bertz CT molecular complexity index is 664. The van der Waals surface area contributed by atoms with Gasteiger partial charge in [-0.05, 0) is 17.9 Å². The Morgan fingerprint density at radius 2 is 2.00 bits per heavy atom. The van der Waals surface area contributed by atoms with Crippen LogP contribution in [0.2, 0.25) is 0 Å². The summed E-state index contributed by atoms with van der Waals surface area (Å²) >= 11 is 1.27. The molecule has 0 bridgehead atoms. The first-order valence-electron chi connectivity index (χ1n) is 7.56. The standard InChI is InChI=1S/C16H22N4O2S/c1-5-10-12(14(22)19-9-11(21)16(2,3)4)23-15(20-10)13-17-7-6-8-18-13/h6-8,11,21H,5,9H2,1-4H3,(H,19,22). The van der Waals surface area contributed by atoms with E-state index in [0.717, 1.165) is 5.69 Å². The Hall–Kier alpha value is -1.86. The van der Waals surface area contributed by atoms with Gasteiger partial charge in [-0.1, -0.05) is 27.7 Å². The van der Waals surface area contributed by atoms with Crippen LogP contribution in [0, 0.1) is 5.41 Å². The lowest BCUT2D eigenvalue weighted by atomic mass is 9.89. The summed E-state index contributed by atoms with van der Waals surface area (Å²) < 4.78 is 0. The van der Waals surface area contributed by atoms with E-state index in [-0.39, 0.29) is 17.9 Å². The summed E-state index contributed by atoms with van der Waals surface area (Å²) in [4.78, 5) is 25.8. The Kier molecular flexibility index (Phi) is 5.43. The molecule has 0 saturated carbocycles. The van der Waals surface area contributed by atoms with Crippen LogP contribution in [-0.4, -0.2) is 38.6 Å². The molecule has 2 aromatic heterocycles. The zero-order valence-electron chi connectivity index (χ0n) is 13.8. The summed E-state index contributed by atoms with van der Waals surface area (Å²) in [5.74, 6) is 0.297. The fourth-order valence-electron chi connectivity index (χ4n) is 1.85. The number of hydrogen-bond donors (Lipinski definition) is 2. The second-order valence-electron chi connectivity index (χ2n) is 6.31. The SMILES string of the molecule is CCc1nc(-c2ncccn2)sc1C(=O)NCC(O)C(C)(C)C. The second-order valence-corrected chi connectivity index (χ2v) is 7.31. The molecule has 1 atom stereocenters. The molecule has 2 heterocycles. The molecule has 0 spiro atoms. The number of thiazole rings is 1. The van der Waals surface area contributed by atoms with E-state index in [9.17, 15) is 9.90 Å². The molecule has 0 aromatic carbocycles. The molecular weight excluding hydrogens is 312 g/mol. The van der Waals surface area contributed by atoms with Crippen LogP contribution in [0.25, 0.3) is 10.8 Å². The monoisotopic (exact) mass is 334 g/mol. The van der Waals surface area contributed by atoms with Crippen LogP contribution in [-0.2, 0) is 6.42 Å². The molecule has 2 N–H and O–H groups in total. The van der Waals surface area contributed by atoms with Crippen molar-refractivity contribution in [3.63, 3.8) is 0 Å². The van der Waals surface area contributed by atoms with E-state index >= 15 is 0 Å². The lowest BCUT2D eigenvalue weighted by molar-refractivity contribution is 0.0587. The topological polar surface area (TPSA) is 88.0 Å². The van der Waals surface area contributed by atoms with Gasteiger partial charge in [0, 0.05) is 18.9 Å². The number of aliphatic hydroxyl groups excluding tert-OH is 1. The Labute approximate surface area is 140 Å². The molecule has 7 heteroatoms. The van der Waals surface area contributed by atoms with Gasteiger partial charge in [0.25, 0.3) is 5.91 Å². The van der Waals surface area contributed by atoms with Gasteiger partial charge in [0.05, 0.1) is 11.8 Å². The molecule has 0 radical (unpaired) electrons. The minimum Gasteiger partial charge on any atom is -0.391 e. The Morgan fingerprint density at radius 1 is 1.35 bits per heavy atom. The van der Waals surface area contributed by atoms with Crippen molar-refractivity contribution < 1.29 is 9.90 Å². The zero-order chi connectivity index (χ0) is 17.0. The summed E-state index contributed by atoms with van der Waals surface area (Å²) in [7, 11) is 0. The highest BCUT2D eigenvalue weighted by atomic mass is 32.1. The number of aliphatic hydroxyl groups is 1. The first kappa shape index (κ1) is 17.5. The van der Waals surface area contributed by atoms with E-state index < -0.39 is 6.10 Å². The molecule has 23 heavy (non-hydrogen) atoms. The number of aryl methyl sites for hydroxylation is 1. The largest absolute Gasteiger partial charge is 0.391 e. The summed E-state index contributed by atoms with van der Waals surface area (Å²) in [5.41, 5.74) is 0.442. The average Bonchev–Trinajstić information content (AvgIpc) is 2.96. The van der Waals surface area contributed by atoms with Crippen molar-refractivity contribution in [2.75, 3.05) is 6.54 Å². The number of carbonyl (C=O) groups excluding carboxylic acids is 1. The normalized spacial score (nSPS) is 12.9. The van der Waals surface area contributed by atoms with E-state index in [1.54, 1.807) is 18.5 Å². The maximum absolute atomic E-state index is 12.4. The predicted octanol–water partition coefficient (Wildman–Crippen LogP) is 2.30. The van der Waals surface area contributed by atoms with E-state index in [0.29, 0.717) is 22.1 Å². The third-order valence-corrected chi connectivity index (χ3v) is 4.54. The highest BCUT2D eigenvalue weighted by molar-refractivity contribution is 7.17. The minimum absolute atomic E-state index is 0.209. The molecule has 1 amide bonds. The van der Waals surface area contributed by atoms with Crippen LogP contribution in [0.5, 0.6) is 0 Å². The number of carbonyl (C=O) groups is 1. The molecule has 0 aliphatic carbocycles. The van der Waals surface area contributed by atoms with E-state index in [4.69, 9.17) is 0 Å². The van der Waals surface area contributed by atoms with Crippen molar-refractivity contribution in [1.82, 2.24) is 20.3 Å². The Balaban J connectivity index is 2.16. The van der Waals surface area contributed by atoms with Gasteiger partial charge >= 0.3 is 0 Å². The summed E-state index contributed by atoms with van der Waals surface area (Å²) in [6.07, 6.45) is 3.33. The van der Waals surface area contributed by atoms with Gasteiger partial charge in [0.15, 0.2) is 10.8 Å². The van der Waals surface area contributed by atoms with E-state index in [2.05, 4.69) is 20.3 Å². The zero-order valence-corrected chi connectivity index (χ0v) is 14.6. The number of hydrogen-bond acceptors (Lipinski definition) is 6. The molecule has 0 aliphatic heterocycles. The van der Waals surface area contributed by atoms with Crippen molar-refractivity contribution in [3.05, 3.63) is 29.0 Å². The van der Waals surface area contributed by atoms with Crippen molar-refractivity contribution in [1.29, 1.82) is 0 Å². The number of nitrogens with one attached hydrogen (secondary N) is 1. The van der Waals surface area contributed by atoms with Gasteiger partial charge in [0.2, 0.25) is 0 Å². The van der Waals surface area contributed by atoms with Crippen molar-refractivity contribution in [2.24, 2.45) is 5.41 Å². The maximum Gasteiger partial charge on any atom is 0.263 e. The molecule has 2 aromatic rings. The molecule has 124 valence electrons. The number of nitrogens with zero attached hydrogens (tertiary/aromatic N) is 3. The first-order chi connectivity index (χ1) is 10.8. The highest BCUT2D eigenvalue weighted by Gasteiger charge is 2.24. The van der Waals surface area contributed by atoms with E-state index in [1.165, 1.54) is 11.3 Å². The van der Waals surface area contributed by atoms with Crippen LogP contribution in [0.4, 0.5) is 0 Å². The van der Waals surface area contributed by atoms with Gasteiger partial charge in [-0.15, -0.1) is 11.3 Å². The van der Waals surface area contributed by atoms with Gasteiger partial charge in [-0.3, -0.25) is 4.79 Å². The van der Waals surface area contributed by atoms with Crippen LogP contribution in [0.3, 0.4) is 0 Å². The van der Waals surface area contributed by atoms with Crippen LogP contribution < -0.4 is 5.32 Å². The second kappa shape index (κ2) is 7.14. The molecular formula is C16H22N4O2S. The summed E-state index contributed by atoms with van der Waals surface area (Å²) in [6, 6.07) is 1.74. The van der Waals surface area contributed by atoms with Crippen molar-refractivity contribution >= 4 is 17.2 Å². The lowest BCUT2D eigenvalue weighted by Crippen LogP contribution is -2.39. The third-order valence-electron chi connectivity index (χ3n) is 3.45. The molecule has 0 fully saturated rings. The quantitative estimate of drug-likeness (QED) is 0.876. The molecule has 6 nitrogen and oxygen atoms in total. The van der Waals surface area contributed by atoms with Gasteiger partial charge < -0.3 is 10.4 Å². The molecule has 1 unspecified atom stereocenters. The van der Waals surface area contributed by atoms with Crippen LogP contribution >= 0.6 is 11.3 Å². The van der Waals surface area contributed by atoms with E-state index in [1.807, 2.05) is 27.7 Å². The Morgan fingerprint density at radius 3 is 2.57 bits per heavy atom. The number of aromatic nitrogens is 3. The predicted molar refractivity (Wildman–Crippen MR) is 90.3 cm³/mol. The van der Waals surface area contributed by atoms with Crippen molar-refractivity contribution in [2.45, 2.75) is 40.2 Å². The van der Waals surface area contributed by atoms with Crippen molar-refractivity contribution in [3.8, 4) is 10.8 Å². The summed E-state index contributed by atoms with van der Waals surface area (Å²) in [5, 5.41) is 13.5. The van der Waals surface area contributed by atoms with Gasteiger partial charge in [-0.25, -0.2) is 15.0 Å². The molecule has 0 saturated heterocycles. The maximum atomic E-state index is 12.4. The molecule has 0 aliphatic rings. The lowest BCUT2D eigenvalue weighted by Gasteiger charge is -2.25. The van der Waals surface area contributed by atoms with Crippen LogP contribution in [0.1, 0.15) is 43.1 Å². The van der Waals surface area contributed by atoms with Crippen LogP contribution in [0.15, 0.2) is 18.5 Å². The fraction of sp³-hybridized carbons (Fsp3) is 0.500. The number of rotatable bonds is 5. The smallest absolute Gasteiger partial charge is 0.263 e. The average molecular weight is 334 g/mol. The minimum atomic E-state index is -0.610. The third kappa shape index (κ3) is 4.33. The number of amides is 1. The van der Waals surface area contributed by atoms with Gasteiger partial charge in [0.1, 0.15) is 4.88 Å². The van der Waals surface area contributed by atoms with Gasteiger partial charge in [-0.2, -0.15) is 0 Å². The summed E-state index contributed by atoms with van der Waals surface area (Å²) in [6.45, 7) is 7.95. The molecule has 2 rings (SSSR count). The highest BCUT2D eigenvalue weighted by Crippen LogP contribution is 2.26. The first-order valence-corrected chi connectivity index (χ1v) is 8.38.